The van der Waals surface area contributed by atoms with E-state index in [0.29, 0.717) is 17.9 Å². The zero-order valence-electron chi connectivity index (χ0n) is 16.4. The zero-order valence-corrected chi connectivity index (χ0v) is 17.2. The largest absolute Gasteiger partial charge is 0.356 e. The zero-order chi connectivity index (χ0) is 20.1. The Morgan fingerprint density at radius 2 is 1.79 bits per heavy atom. The normalized spacial score (nSPS) is 10.8. The average molecular weight is 393 g/mol. The maximum absolute atomic E-state index is 12.5. The van der Waals surface area contributed by atoms with Crippen molar-refractivity contribution in [2.45, 2.75) is 32.2 Å². The summed E-state index contributed by atoms with van der Waals surface area (Å²) in [5, 5.41) is 4.81. The molecule has 4 nitrogen and oxygen atoms in total. The molecule has 2 aromatic carbocycles. The van der Waals surface area contributed by atoms with Crippen LogP contribution in [0, 0.1) is 13.8 Å². The molecule has 1 N–H and O–H groups in total. The fourth-order valence-corrected chi connectivity index (χ4v) is 3.93. The highest BCUT2D eigenvalue weighted by Gasteiger charge is 2.10. The first kappa shape index (κ1) is 20.1. The molecule has 0 aliphatic rings. The van der Waals surface area contributed by atoms with Crippen molar-refractivity contribution in [2.24, 2.45) is 0 Å². The van der Waals surface area contributed by atoms with Gasteiger partial charge in [-0.25, -0.2) is 4.98 Å². The summed E-state index contributed by atoms with van der Waals surface area (Å²) in [5.74, 6) is 0.411. The number of para-hydroxylation sites is 1. The van der Waals surface area contributed by atoms with E-state index >= 15 is 0 Å². The molecule has 0 aliphatic heterocycles. The minimum Gasteiger partial charge on any atom is -0.356 e. The number of amides is 1. The first-order chi connectivity index (χ1) is 13.4. The van der Waals surface area contributed by atoms with Gasteiger partial charge in [-0.15, -0.1) is 0 Å². The summed E-state index contributed by atoms with van der Waals surface area (Å²) in [5.41, 5.74) is 5.11. The van der Waals surface area contributed by atoms with Gasteiger partial charge in [-0.05, 0) is 43.0 Å². The number of thioether (sulfide) groups is 1. The molecule has 0 spiro atoms. The van der Waals surface area contributed by atoms with Crippen molar-refractivity contribution in [1.29, 1.82) is 0 Å². The molecule has 1 heterocycles. The Balaban J connectivity index is 1.63. The van der Waals surface area contributed by atoms with E-state index in [2.05, 4.69) is 31.3 Å². The second kappa shape index (κ2) is 9.02. The van der Waals surface area contributed by atoms with Crippen LogP contribution < -0.4 is 5.32 Å². The highest BCUT2D eigenvalue weighted by Crippen LogP contribution is 2.26. The van der Waals surface area contributed by atoms with Crippen molar-refractivity contribution in [3.63, 3.8) is 0 Å². The molecule has 3 rings (SSSR count). The molecular weight excluding hydrogens is 368 g/mol. The molecule has 0 saturated heterocycles. The van der Waals surface area contributed by atoms with Gasteiger partial charge in [-0.2, -0.15) is 0 Å². The van der Waals surface area contributed by atoms with Crippen LogP contribution in [0.2, 0.25) is 0 Å². The van der Waals surface area contributed by atoms with Crippen molar-refractivity contribution >= 4 is 34.4 Å². The lowest BCUT2D eigenvalue weighted by molar-refractivity contribution is -0.118. The fraction of sp³-hybridized carbons (Fsp3) is 0.261. The minimum atomic E-state index is -0.0310. The molecule has 1 aromatic heterocycles. The number of hydrogen-bond acceptors (Lipinski definition) is 4. The molecule has 0 fully saturated rings. The van der Waals surface area contributed by atoms with Crippen LogP contribution in [-0.2, 0) is 11.2 Å². The molecule has 144 valence electrons. The van der Waals surface area contributed by atoms with Gasteiger partial charge in [0.15, 0.2) is 5.78 Å². The fourth-order valence-electron chi connectivity index (χ4n) is 3.07. The number of benzene rings is 2. The number of nitrogens with zero attached hydrogens (tertiary/aromatic N) is 1. The third-order valence-corrected chi connectivity index (χ3v) is 5.55. The van der Waals surface area contributed by atoms with Crippen LogP contribution in [0.4, 0.5) is 0 Å². The van der Waals surface area contributed by atoms with E-state index in [1.54, 1.807) is 0 Å². The summed E-state index contributed by atoms with van der Waals surface area (Å²) >= 11 is 1.47. The van der Waals surface area contributed by atoms with E-state index in [0.717, 1.165) is 33.5 Å². The molecule has 0 bridgehead atoms. The molecule has 0 unspecified atom stereocenters. The molecule has 0 aliphatic carbocycles. The smallest absolute Gasteiger partial charge is 0.216 e. The van der Waals surface area contributed by atoms with E-state index in [1.165, 1.54) is 24.2 Å². The van der Waals surface area contributed by atoms with Crippen molar-refractivity contribution in [2.75, 3.05) is 12.3 Å². The topological polar surface area (TPSA) is 59.1 Å². The van der Waals surface area contributed by atoms with Crippen LogP contribution in [0.3, 0.4) is 0 Å². The molecule has 1 amide bonds. The molecule has 0 radical (unpaired) electrons. The highest BCUT2D eigenvalue weighted by molar-refractivity contribution is 7.99. The molecule has 28 heavy (non-hydrogen) atoms. The molecule has 3 aromatic rings. The Bertz CT molecular complexity index is 1010. The predicted octanol–water partition coefficient (Wildman–Crippen LogP) is 4.51. The van der Waals surface area contributed by atoms with Gasteiger partial charge in [0.25, 0.3) is 0 Å². The summed E-state index contributed by atoms with van der Waals surface area (Å²) in [6.07, 6.45) is 0.752. The summed E-state index contributed by atoms with van der Waals surface area (Å²) in [7, 11) is 0. The second-order valence-electron chi connectivity index (χ2n) is 6.89. The Morgan fingerprint density at radius 3 is 2.50 bits per heavy atom. The maximum atomic E-state index is 12.5. The monoisotopic (exact) mass is 392 g/mol. The number of nitrogens with one attached hydrogen (secondary N) is 1. The number of hydrogen-bond donors (Lipinski definition) is 1. The number of carbonyl (C=O) groups is 2. The number of pyridine rings is 1. The van der Waals surface area contributed by atoms with Crippen LogP contribution in [-0.4, -0.2) is 29.0 Å². The second-order valence-corrected chi connectivity index (χ2v) is 7.89. The Hall–Kier alpha value is -2.66. The maximum Gasteiger partial charge on any atom is 0.216 e. The number of Topliss-reactive ketones (excluding diaryl/α,β-unsaturated/α-hetero) is 1. The first-order valence-corrected chi connectivity index (χ1v) is 10.3. The summed E-state index contributed by atoms with van der Waals surface area (Å²) in [6.45, 7) is 6.24. The lowest BCUT2D eigenvalue weighted by Crippen LogP contribution is -2.22. The van der Waals surface area contributed by atoms with Gasteiger partial charge >= 0.3 is 0 Å². The Morgan fingerprint density at radius 1 is 1.04 bits per heavy atom. The summed E-state index contributed by atoms with van der Waals surface area (Å²) in [6, 6.07) is 15.8. The molecule has 0 atom stereocenters. The quantitative estimate of drug-likeness (QED) is 0.475. The number of fused-ring (bicyclic) bond motifs is 1. The van der Waals surface area contributed by atoms with E-state index in [9.17, 15) is 9.59 Å². The third kappa shape index (κ3) is 4.98. The van der Waals surface area contributed by atoms with Gasteiger partial charge in [0.05, 0.1) is 16.3 Å². The van der Waals surface area contributed by atoms with E-state index < -0.39 is 0 Å². The number of aromatic nitrogens is 1. The SMILES string of the molecule is CC(=O)NCCc1ccc(C(=O)CSc2cc(C)c3cccc(C)c3n2)cc1. The van der Waals surface area contributed by atoms with Crippen molar-refractivity contribution < 1.29 is 9.59 Å². The Kier molecular flexibility index (Phi) is 6.47. The van der Waals surface area contributed by atoms with Crippen LogP contribution in [0.1, 0.15) is 34.0 Å². The lowest BCUT2D eigenvalue weighted by atomic mass is 10.1. The van der Waals surface area contributed by atoms with Crippen molar-refractivity contribution in [3.8, 4) is 0 Å². The van der Waals surface area contributed by atoms with Gasteiger partial charge in [0.1, 0.15) is 0 Å². The van der Waals surface area contributed by atoms with Crippen molar-refractivity contribution in [3.05, 3.63) is 70.8 Å². The van der Waals surface area contributed by atoms with Gasteiger partial charge in [0.2, 0.25) is 5.91 Å². The summed E-state index contributed by atoms with van der Waals surface area (Å²) < 4.78 is 0. The van der Waals surface area contributed by atoms with Gasteiger partial charge in [0, 0.05) is 24.4 Å². The first-order valence-electron chi connectivity index (χ1n) is 9.30. The van der Waals surface area contributed by atoms with Crippen LogP contribution >= 0.6 is 11.8 Å². The van der Waals surface area contributed by atoms with E-state index in [4.69, 9.17) is 4.98 Å². The standard InChI is InChI=1S/C23H24N2O2S/c1-15-5-4-6-20-16(2)13-22(25-23(15)20)28-14-21(27)19-9-7-18(8-10-19)11-12-24-17(3)26/h4-10,13H,11-12,14H2,1-3H3,(H,24,26). The minimum absolute atomic E-state index is 0.0310. The molecular formula is C23H24N2O2S. The number of ketones is 1. The van der Waals surface area contributed by atoms with Gasteiger partial charge < -0.3 is 5.32 Å². The van der Waals surface area contributed by atoms with E-state index in [1.807, 2.05) is 36.4 Å². The number of aryl methyl sites for hydroxylation is 2. The van der Waals surface area contributed by atoms with Crippen LogP contribution in [0.5, 0.6) is 0 Å². The van der Waals surface area contributed by atoms with Gasteiger partial charge in [-0.1, -0.05) is 54.2 Å². The van der Waals surface area contributed by atoms with Gasteiger partial charge in [-0.3, -0.25) is 9.59 Å². The molecule has 5 heteroatoms. The lowest BCUT2D eigenvalue weighted by Gasteiger charge is -2.08. The van der Waals surface area contributed by atoms with E-state index in [-0.39, 0.29) is 11.7 Å². The van der Waals surface area contributed by atoms with Crippen LogP contribution in [0.15, 0.2) is 53.6 Å². The number of rotatable bonds is 7. The van der Waals surface area contributed by atoms with Crippen molar-refractivity contribution in [1.82, 2.24) is 10.3 Å². The summed E-state index contributed by atoms with van der Waals surface area (Å²) in [4.78, 5) is 28.2. The third-order valence-electron chi connectivity index (χ3n) is 4.64. The highest BCUT2D eigenvalue weighted by atomic mass is 32.2. The average Bonchev–Trinajstić information content (AvgIpc) is 2.67. The number of carbonyl (C=O) groups excluding carboxylic acids is 2. The van der Waals surface area contributed by atoms with Crippen LogP contribution in [0.25, 0.3) is 10.9 Å². The Labute approximate surface area is 169 Å². The predicted molar refractivity (Wildman–Crippen MR) is 115 cm³/mol. The molecule has 0 saturated carbocycles.